The molecule has 0 aliphatic heterocycles. The predicted octanol–water partition coefficient (Wildman–Crippen LogP) is 0.865. The van der Waals surface area contributed by atoms with E-state index in [9.17, 15) is 13.2 Å². The van der Waals surface area contributed by atoms with Crippen LogP contribution in [0.5, 0.6) is 0 Å². The molecule has 0 unspecified atom stereocenters. The van der Waals surface area contributed by atoms with E-state index in [2.05, 4.69) is 5.16 Å². The fourth-order valence-corrected chi connectivity index (χ4v) is 3.37. The van der Waals surface area contributed by atoms with Gasteiger partial charge in [0.2, 0.25) is 10.0 Å². The second kappa shape index (κ2) is 6.16. The summed E-state index contributed by atoms with van der Waals surface area (Å²) in [6, 6.07) is 0. The van der Waals surface area contributed by atoms with Gasteiger partial charge in [0.25, 0.3) is 0 Å². The summed E-state index contributed by atoms with van der Waals surface area (Å²) in [5, 5.41) is 3.62. The molecule has 108 valence electrons. The first-order chi connectivity index (χ1) is 8.84. The Bertz CT molecular complexity index is 530. The average molecular weight is 290 g/mol. The Labute approximate surface area is 112 Å². The molecule has 0 atom stereocenters. The fourth-order valence-electron chi connectivity index (χ4n) is 1.69. The van der Waals surface area contributed by atoms with Gasteiger partial charge in [-0.1, -0.05) is 12.1 Å². The van der Waals surface area contributed by atoms with Crippen molar-refractivity contribution >= 4 is 16.0 Å². The standard InChI is InChI=1S/C11H18N2O5S/c1-5-13(7-10(14)17-6-2)19(15,16)11-8(3)12-18-9(11)4/h5-7H2,1-4H3. The van der Waals surface area contributed by atoms with E-state index in [1.165, 1.54) is 6.92 Å². The lowest BCUT2D eigenvalue weighted by Crippen LogP contribution is -2.36. The molecule has 1 aromatic rings. The molecule has 0 saturated heterocycles. The van der Waals surface area contributed by atoms with Crippen LogP contribution >= 0.6 is 0 Å². The number of hydrogen-bond acceptors (Lipinski definition) is 6. The van der Waals surface area contributed by atoms with E-state index >= 15 is 0 Å². The number of aryl methyl sites for hydroxylation is 2. The van der Waals surface area contributed by atoms with Crippen LogP contribution in [0.15, 0.2) is 9.42 Å². The molecule has 0 radical (unpaired) electrons. The average Bonchev–Trinajstić information content (AvgIpc) is 2.66. The molecule has 19 heavy (non-hydrogen) atoms. The number of likely N-dealkylation sites (N-methyl/N-ethyl adjacent to an activating group) is 1. The molecule has 0 spiro atoms. The van der Waals surface area contributed by atoms with Gasteiger partial charge in [0.05, 0.1) is 6.61 Å². The molecule has 0 aromatic carbocycles. The van der Waals surface area contributed by atoms with Crippen molar-refractivity contribution in [3.05, 3.63) is 11.5 Å². The molecular formula is C11H18N2O5S. The molecule has 0 aliphatic carbocycles. The first-order valence-corrected chi connectivity index (χ1v) is 7.37. The minimum absolute atomic E-state index is 0.0126. The Kier molecular flexibility index (Phi) is 5.07. The van der Waals surface area contributed by atoms with E-state index in [0.717, 1.165) is 4.31 Å². The number of hydrogen-bond donors (Lipinski definition) is 0. The van der Waals surface area contributed by atoms with Crippen LogP contribution in [0.2, 0.25) is 0 Å². The summed E-state index contributed by atoms with van der Waals surface area (Å²) in [4.78, 5) is 11.4. The zero-order chi connectivity index (χ0) is 14.6. The van der Waals surface area contributed by atoms with Crippen molar-refractivity contribution in [1.29, 1.82) is 0 Å². The Hall–Kier alpha value is -1.41. The van der Waals surface area contributed by atoms with Crippen LogP contribution in [0.4, 0.5) is 0 Å². The van der Waals surface area contributed by atoms with Gasteiger partial charge in [-0.15, -0.1) is 0 Å². The highest BCUT2D eigenvalue weighted by atomic mass is 32.2. The van der Waals surface area contributed by atoms with Crippen LogP contribution in [0.1, 0.15) is 25.3 Å². The molecule has 1 aromatic heterocycles. The van der Waals surface area contributed by atoms with Gasteiger partial charge in [-0.05, 0) is 20.8 Å². The molecule has 7 nitrogen and oxygen atoms in total. The van der Waals surface area contributed by atoms with Crippen LogP contribution in [-0.4, -0.2) is 43.5 Å². The molecule has 1 heterocycles. The lowest BCUT2D eigenvalue weighted by molar-refractivity contribution is -0.143. The second-order valence-corrected chi connectivity index (χ2v) is 5.76. The van der Waals surface area contributed by atoms with Crippen LogP contribution in [-0.2, 0) is 19.6 Å². The monoisotopic (exact) mass is 290 g/mol. The number of carbonyl (C=O) groups excluding carboxylic acids is 1. The summed E-state index contributed by atoms with van der Waals surface area (Å²) >= 11 is 0. The maximum absolute atomic E-state index is 12.4. The number of rotatable bonds is 6. The van der Waals surface area contributed by atoms with Gasteiger partial charge in [-0.2, -0.15) is 4.31 Å². The zero-order valence-corrected chi connectivity index (χ0v) is 12.3. The van der Waals surface area contributed by atoms with E-state index in [4.69, 9.17) is 9.26 Å². The first kappa shape index (κ1) is 15.6. The van der Waals surface area contributed by atoms with E-state index < -0.39 is 16.0 Å². The Morgan fingerprint density at radius 2 is 2.00 bits per heavy atom. The predicted molar refractivity (Wildman–Crippen MR) is 67.0 cm³/mol. The summed E-state index contributed by atoms with van der Waals surface area (Å²) < 4.78 is 35.5. The summed E-state index contributed by atoms with van der Waals surface area (Å²) in [6.45, 7) is 6.42. The summed E-state index contributed by atoms with van der Waals surface area (Å²) in [6.07, 6.45) is 0. The quantitative estimate of drug-likeness (QED) is 0.722. The van der Waals surface area contributed by atoms with Crippen molar-refractivity contribution in [2.75, 3.05) is 19.7 Å². The molecule has 0 amide bonds. The molecule has 0 bridgehead atoms. The van der Waals surface area contributed by atoms with E-state index in [1.54, 1.807) is 20.8 Å². The zero-order valence-electron chi connectivity index (χ0n) is 11.5. The lowest BCUT2D eigenvalue weighted by atomic mass is 10.4. The van der Waals surface area contributed by atoms with Crippen LogP contribution in [0.25, 0.3) is 0 Å². The van der Waals surface area contributed by atoms with Gasteiger partial charge in [0, 0.05) is 6.54 Å². The largest absolute Gasteiger partial charge is 0.465 e. The highest BCUT2D eigenvalue weighted by molar-refractivity contribution is 7.89. The topological polar surface area (TPSA) is 89.7 Å². The van der Waals surface area contributed by atoms with Gasteiger partial charge < -0.3 is 9.26 Å². The number of nitrogens with zero attached hydrogens (tertiary/aromatic N) is 2. The van der Waals surface area contributed by atoms with Crippen molar-refractivity contribution in [3.8, 4) is 0 Å². The van der Waals surface area contributed by atoms with E-state index in [1.807, 2.05) is 0 Å². The van der Waals surface area contributed by atoms with Crippen molar-refractivity contribution in [1.82, 2.24) is 9.46 Å². The fraction of sp³-hybridized carbons (Fsp3) is 0.636. The van der Waals surface area contributed by atoms with Crippen molar-refractivity contribution in [3.63, 3.8) is 0 Å². The molecule has 0 saturated carbocycles. The maximum atomic E-state index is 12.4. The number of sulfonamides is 1. The van der Waals surface area contributed by atoms with Gasteiger partial charge >= 0.3 is 5.97 Å². The molecule has 0 fully saturated rings. The maximum Gasteiger partial charge on any atom is 0.321 e. The molecule has 1 rings (SSSR count). The van der Waals surface area contributed by atoms with Crippen molar-refractivity contribution in [2.45, 2.75) is 32.6 Å². The Balaban J connectivity index is 3.06. The normalized spacial score (nSPS) is 11.8. The van der Waals surface area contributed by atoms with Crippen molar-refractivity contribution in [2.24, 2.45) is 0 Å². The van der Waals surface area contributed by atoms with Crippen LogP contribution in [0, 0.1) is 13.8 Å². The van der Waals surface area contributed by atoms with Gasteiger partial charge in [-0.3, -0.25) is 4.79 Å². The van der Waals surface area contributed by atoms with Crippen molar-refractivity contribution < 1.29 is 22.5 Å². The van der Waals surface area contributed by atoms with Crippen LogP contribution in [0.3, 0.4) is 0 Å². The third-order valence-electron chi connectivity index (χ3n) is 2.53. The van der Waals surface area contributed by atoms with Gasteiger partial charge in [-0.25, -0.2) is 8.42 Å². The summed E-state index contributed by atoms with van der Waals surface area (Å²) in [5.74, 6) is -0.375. The van der Waals surface area contributed by atoms with E-state index in [0.29, 0.717) is 0 Å². The number of esters is 1. The molecular weight excluding hydrogens is 272 g/mol. The third-order valence-corrected chi connectivity index (χ3v) is 4.70. The number of carbonyl (C=O) groups is 1. The second-order valence-electron chi connectivity index (χ2n) is 3.89. The highest BCUT2D eigenvalue weighted by Gasteiger charge is 2.31. The van der Waals surface area contributed by atoms with E-state index in [-0.39, 0.29) is 36.0 Å². The van der Waals surface area contributed by atoms with Gasteiger partial charge in [0.15, 0.2) is 5.76 Å². The Morgan fingerprint density at radius 3 is 2.42 bits per heavy atom. The first-order valence-electron chi connectivity index (χ1n) is 5.93. The summed E-state index contributed by atoms with van der Waals surface area (Å²) in [5.41, 5.74) is 0.278. The summed E-state index contributed by atoms with van der Waals surface area (Å²) in [7, 11) is -3.81. The molecule has 0 N–H and O–H groups in total. The lowest BCUT2D eigenvalue weighted by Gasteiger charge is -2.19. The number of ether oxygens (including phenoxy) is 1. The molecule has 0 aliphatic rings. The Morgan fingerprint density at radius 1 is 1.37 bits per heavy atom. The van der Waals surface area contributed by atoms with Crippen LogP contribution < -0.4 is 0 Å². The SMILES string of the molecule is CCOC(=O)CN(CC)S(=O)(=O)c1c(C)noc1C. The smallest absolute Gasteiger partial charge is 0.321 e. The third kappa shape index (κ3) is 3.32. The molecule has 8 heteroatoms. The van der Waals surface area contributed by atoms with Gasteiger partial charge in [0.1, 0.15) is 17.1 Å². The number of aromatic nitrogens is 1. The minimum Gasteiger partial charge on any atom is -0.465 e. The minimum atomic E-state index is -3.81. The highest BCUT2D eigenvalue weighted by Crippen LogP contribution is 2.22.